The zero-order valence-corrected chi connectivity index (χ0v) is 12.1. The molecule has 2 heterocycles. The van der Waals surface area contributed by atoms with Crippen LogP contribution in [0.1, 0.15) is 44.0 Å². The molecule has 108 valence electrons. The van der Waals surface area contributed by atoms with Crippen molar-refractivity contribution in [1.29, 1.82) is 0 Å². The predicted molar refractivity (Wildman–Crippen MR) is 79.8 cm³/mol. The summed E-state index contributed by atoms with van der Waals surface area (Å²) in [5.41, 5.74) is 3.18. The van der Waals surface area contributed by atoms with Crippen molar-refractivity contribution in [3.05, 3.63) is 24.0 Å². The minimum absolute atomic E-state index is 0.597. The van der Waals surface area contributed by atoms with Gasteiger partial charge in [-0.3, -0.25) is 0 Å². The average Bonchev–Trinajstić information content (AvgIpc) is 3.14. The summed E-state index contributed by atoms with van der Waals surface area (Å²) in [6, 6.07) is 6.83. The Morgan fingerprint density at radius 2 is 2.05 bits per heavy atom. The Balaban J connectivity index is 1.80. The van der Waals surface area contributed by atoms with Gasteiger partial charge in [0.05, 0.1) is 11.0 Å². The molecule has 1 aliphatic carbocycles. The van der Waals surface area contributed by atoms with Crippen LogP contribution in [0.2, 0.25) is 0 Å². The molecule has 0 aliphatic heterocycles. The third-order valence-electron chi connectivity index (χ3n) is 4.41. The van der Waals surface area contributed by atoms with Crippen LogP contribution in [0.3, 0.4) is 0 Å². The summed E-state index contributed by atoms with van der Waals surface area (Å²) in [6.45, 7) is 2.10. The second-order valence-corrected chi connectivity index (χ2v) is 5.76. The van der Waals surface area contributed by atoms with Crippen molar-refractivity contribution in [3.8, 4) is 11.4 Å². The van der Waals surface area contributed by atoms with Gasteiger partial charge in [-0.05, 0) is 43.2 Å². The molecule has 1 aliphatic rings. The number of aryl methyl sites for hydroxylation is 1. The topological polar surface area (TPSA) is 72.3 Å². The summed E-state index contributed by atoms with van der Waals surface area (Å²) in [7, 11) is 0. The number of rotatable bonds is 2. The van der Waals surface area contributed by atoms with E-state index in [1.165, 1.54) is 37.6 Å². The molecule has 0 spiro atoms. The number of aromatic amines is 1. The molecule has 1 saturated carbocycles. The van der Waals surface area contributed by atoms with Crippen LogP contribution >= 0.6 is 0 Å². The van der Waals surface area contributed by atoms with E-state index in [2.05, 4.69) is 38.2 Å². The summed E-state index contributed by atoms with van der Waals surface area (Å²) in [4.78, 5) is 4.74. The van der Waals surface area contributed by atoms with E-state index in [-0.39, 0.29) is 0 Å². The van der Waals surface area contributed by atoms with Crippen LogP contribution in [-0.4, -0.2) is 30.2 Å². The van der Waals surface area contributed by atoms with Crippen molar-refractivity contribution < 1.29 is 0 Å². The highest BCUT2D eigenvalue weighted by Crippen LogP contribution is 2.33. The Morgan fingerprint density at radius 3 is 2.81 bits per heavy atom. The van der Waals surface area contributed by atoms with E-state index in [0.717, 1.165) is 16.9 Å². The third-order valence-corrected chi connectivity index (χ3v) is 4.41. The highest BCUT2D eigenvalue weighted by atomic mass is 15.5. The second kappa shape index (κ2) is 4.95. The lowest BCUT2D eigenvalue weighted by Gasteiger charge is -2.25. The van der Waals surface area contributed by atoms with Gasteiger partial charge < -0.3 is 4.57 Å². The number of H-pyrrole nitrogens is 1. The highest BCUT2D eigenvalue weighted by molar-refractivity contribution is 5.81. The zero-order chi connectivity index (χ0) is 14.2. The first-order valence-electron chi connectivity index (χ1n) is 7.55. The molecule has 0 atom stereocenters. The van der Waals surface area contributed by atoms with Gasteiger partial charge >= 0.3 is 0 Å². The van der Waals surface area contributed by atoms with Crippen LogP contribution in [-0.2, 0) is 0 Å². The molecule has 3 aromatic rings. The van der Waals surface area contributed by atoms with E-state index >= 15 is 0 Å². The Bertz CT molecular complexity index is 752. The van der Waals surface area contributed by atoms with Crippen LogP contribution in [0.5, 0.6) is 0 Å². The third kappa shape index (κ3) is 2.11. The normalized spacial score (nSPS) is 16.6. The molecule has 0 saturated heterocycles. The van der Waals surface area contributed by atoms with Gasteiger partial charge in [0.25, 0.3) is 0 Å². The monoisotopic (exact) mass is 282 g/mol. The number of imidazole rings is 1. The van der Waals surface area contributed by atoms with Gasteiger partial charge in [0.15, 0.2) is 0 Å². The molecular formula is C15H18N6. The number of hydrogen-bond donors (Lipinski definition) is 1. The summed E-state index contributed by atoms with van der Waals surface area (Å²) in [5, 5.41) is 14.2. The number of aromatic nitrogens is 6. The number of fused-ring (bicyclic) bond motifs is 1. The fourth-order valence-corrected chi connectivity index (χ4v) is 3.44. The maximum absolute atomic E-state index is 4.74. The SMILES string of the molecule is Cc1nc2cc(-c3nn[nH]n3)ccc2n1C1CCCCC1. The summed E-state index contributed by atoms with van der Waals surface area (Å²) >= 11 is 0. The molecule has 1 aromatic carbocycles. The molecule has 1 fully saturated rings. The molecule has 0 radical (unpaired) electrons. The highest BCUT2D eigenvalue weighted by Gasteiger charge is 2.20. The standard InChI is InChI=1S/C15H18N6/c1-10-16-13-9-11(15-17-19-20-18-15)7-8-14(13)21(10)12-5-3-2-4-6-12/h7-9,12H,2-6H2,1H3,(H,17,18,19,20). The lowest BCUT2D eigenvalue weighted by atomic mass is 9.95. The van der Waals surface area contributed by atoms with Crippen LogP contribution in [0.15, 0.2) is 18.2 Å². The van der Waals surface area contributed by atoms with Gasteiger partial charge in [-0.25, -0.2) is 4.98 Å². The fourth-order valence-electron chi connectivity index (χ4n) is 3.44. The molecule has 1 N–H and O–H groups in total. The number of nitrogens with one attached hydrogen (secondary N) is 1. The van der Waals surface area contributed by atoms with E-state index < -0.39 is 0 Å². The lowest BCUT2D eigenvalue weighted by molar-refractivity contribution is 0.355. The maximum atomic E-state index is 4.74. The van der Waals surface area contributed by atoms with Crippen molar-refractivity contribution in [3.63, 3.8) is 0 Å². The van der Waals surface area contributed by atoms with E-state index in [4.69, 9.17) is 4.98 Å². The molecule has 2 aromatic heterocycles. The van der Waals surface area contributed by atoms with Crippen molar-refractivity contribution in [2.75, 3.05) is 0 Å². The Kier molecular flexibility index (Phi) is 2.94. The fraction of sp³-hybridized carbons (Fsp3) is 0.467. The summed E-state index contributed by atoms with van der Waals surface area (Å²) < 4.78 is 2.41. The smallest absolute Gasteiger partial charge is 0.204 e. The number of nitrogens with zero attached hydrogens (tertiary/aromatic N) is 5. The first-order chi connectivity index (χ1) is 10.3. The van der Waals surface area contributed by atoms with E-state index in [0.29, 0.717) is 11.9 Å². The van der Waals surface area contributed by atoms with Gasteiger partial charge in [0, 0.05) is 11.6 Å². The van der Waals surface area contributed by atoms with Crippen molar-refractivity contribution in [2.24, 2.45) is 0 Å². The second-order valence-electron chi connectivity index (χ2n) is 5.76. The first kappa shape index (κ1) is 12.5. The Morgan fingerprint density at radius 1 is 1.19 bits per heavy atom. The molecule has 4 rings (SSSR count). The van der Waals surface area contributed by atoms with Crippen LogP contribution < -0.4 is 0 Å². The van der Waals surface area contributed by atoms with Crippen LogP contribution in [0.25, 0.3) is 22.4 Å². The average molecular weight is 282 g/mol. The number of hydrogen-bond acceptors (Lipinski definition) is 4. The lowest BCUT2D eigenvalue weighted by Crippen LogP contribution is -2.13. The number of benzene rings is 1. The molecule has 6 heteroatoms. The summed E-state index contributed by atoms with van der Waals surface area (Å²) in [5.74, 6) is 1.71. The van der Waals surface area contributed by atoms with E-state index in [9.17, 15) is 0 Å². The predicted octanol–water partition coefficient (Wildman–Crippen LogP) is 3.03. The molecule has 0 unspecified atom stereocenters. The molecule has 0 amide bonds. The van der Waals surface area contributed by atoms with Crippen LogP contribution in [0, 0.1) is 6.92 Å². The van der Waals surface area contributed by atoms with Crippen molar-refractivity contribution in [1.82, 2.24) is 30.2 Å². The quantitative estimate of drug-likeness (QED) is 0.784. The summed E-state index contributed by atoms with van der Waals surface area (Å²) in [6.07, 6.45) is 6.54. The molecule has 6 nitrogen and oxygen atoms in total. The van der Waals surface area contributed by atoms with Gasteiger partial charge in [0.2, 0.25) is 5.82 Å². The largest absolute Gasteiger partial charge is 0.325 e. The van der Waals surface area contributed by atoms with Gasteiger partial charge in [-0.15, -0.1) is 10.2 Å². The molecule has 21 heavy (non-hydrogen) atoms. The zero-order valence-electron chi connectivity index (χ0n) is 12.1. The Labute approximate surface area is 122 Å². The minimum Gasteiger partial charge on any atom is -0.325 e. The van der Waals surface area contributed by atoms with Crippen molar-refractivity contribution in [2.45, 2.75) is 45.1 Å². The van der Waals surface area contributed by atoms with E-state index in [1.807, 2.05) is 12.1 Å². The van der Waals surface area contributed by atoms with Crippen LogP contribution in [0.4, 0.5) is 0 Å². The van der Waals surface area contributed by atoms with Gasteiger partial charge in [-0.1, -0.05) is 19.3 Å². The van der Waals surface area contributed by atoms with Gasteiger partial charge in [0.1, 0.15) is 5.82 Å². The molecule has 0 bridgehead atoms. The number of tetrazole rings is 1. The Hall–Kier alpha value is -2.24. The maximum Gasteiger partial charge on any atom is 0.204 e. The van der Waals surface area contributed by atoms with E-state index in [1.54, 1.807) is 0 Å². The van der Waals surface area contributed by atoms with Gasteiger partial charge in [-0.2, -0.15) is 5.21 Å². The van der Waals surface area contributed by atoms with Crippen molar-refractivity contribution >= 4 is 11.0 Å². The minimum atomic E-state index is 0.597. The first-order valence-corrected chi connectivity index (χ1v) is 7.55. The molecular weight excluding hydrogens is 264 g/mol.